The van der Waals surface area contributed by atoms with E-state index in [1.807, 2.05) is 35.8 Å². The lowest BCUT2D eigenvalue weighted by atomic mass is 9.89. The summed E-state index contributed by atoms with van der Waals surface area (Å²) in [5, 5.41) is 1.07. The van der Waals surface area contributed by atoms with E-state index in [2.05, 4.69) is 34.7 Å². The zero-order valence-corrected chi connectivity index (χ0v) is 15.6. The van der Waals surface area contributed by atoms with Gasteiger partial charge in [0, 0.05) is 5.39 Å². The lowest BCUT2D eigenvalue weighted by Crippen LogP contribution is -2.11. The summed E-state index contributed by atoms with van der Waals surface area (Å²) in [5.74, 6) is 0.363. The number of para-hydroxylation sites is 1. The standard InChI is InChI=1S/C19H22INO2/c1-2-23-19(22)17-13-15-10-6-7-11-16(15)21(17)18(20)12-14-8-4-3-5-9-14/h6-7,10-14H,2-5,8-9H2,1H3/b18-12+. The summed E-state index contributed by atoms with van der Waals surface area (Å²) in [6, 6.07) is 10.0. The highest BCUT2D eigenvalue weighted by Crippen LogP contribution is 2.32. The summed E-state index contributed by atoms with van der Waals surface area (Å²) >= 11 is 2.36. The van der Waals surface area contributed by atoms with Crippen LogP contribution in [0.2, 0.25) is 0 Å². The number of fused-ring (bicyclic) bond motifs is 1. The van der Waals surface area contributed by atoms with Crippen LogP contribution in [0.5, 0.6) is 0 Å². The van der Waals surface area contributed by atoms with Gasteiger partial charge in [-0.2, -0.15) is 0 Å². The Morgan fingerprint density at radius 1 is 1.30 bits per heavy atom. The third-order valence-corrected chi connectivity index (χ3v) is 5.27. The normalized spacial score (nSPS) is 16.7. The second kappa shape index (κ2) is 7.51. The van der Waals surface area contributed by atoms with Crippen LogP contribution in [0.25, 0.3) is 14.6 Å². The van der Waals surface area contributed by atoms with E-state index in [1.54, 1.807) is 0 Å². The van der Waals surface area contributed by atoms with Crippen molar-refractivity contribution in [3.05, 3.63) is 42.1 Å². The molecule has 3 nitrogen and oxygen atoms in total. The molecule has 0 atom stereocenters. The van der Waals surface area contributed by atoms with Crippen LogP contribution in [0.15, 0.2) is 36.4 Å². The average molecular weight is 423 g/mol. The number of aromatic nitrogens is 1. The van der Waals surface area contributed by atoms with Crippen molar-refractivity contribution < 1.29 is 9.53 Å². The summed E-state index contributed by atoms with van der Waals surface area (Å²) in [5.41, 5.74) is 1.68. The molecule has 1 aromatic carbocycles. The number of carbonyl (C=O) groups excluding carboxylic acids is 1. The molecule has 1 fully saturated rings. The Morgan fingerprint density at radius 3 is 2.78 bits per heavy atom. The number of allylic oxidation sites excluding steroid dienone is 1. The molecular formula is C19H22INO2. The fourth-order valence-electron chi connectivity index (χ4n) is 3.31. The number of carbonyl (C=O) groups is 1. The number of halogens is 1. The minimum absolute atomic E-state index is 0.255. The molecule has 0 N–H and O–H groups in total. The molecule has 1 aliphatic rings. The zero-order chi connectivity index (χ0) is 16.2. The van der Waals surface area contributed by atoms with Crippen molar-refractivity contribution in [3.8, 4) is 0 Å². The molecule has 0 amide bonds. The van der Waals surface area contributed by atoms with Gasteiger partial charge in [0.05, 0.1) is 15.8 Å². The van der Waals surface area contributed by atoms with Crippen LogP contribution < -0.4 is 0 Å². The summed E-state index contributed by atoms with van der Waals surface area (Å²) in [6.45, 7) is 2.23. The molecule has 2 aromatic rings. The number of benzene rings is 1. The molecular weight excluding hydrogens is 401 g/mol. The summed E-state index contributed by atoms with van der Waals surface area (Å²) in [6.07, 6.45) is 8.79. The zero-order valence-electron chi connectivity index (χ0n) is 13.4. The molecule has 0 bridgehead atoms. The van der Waals surface area contributed by atoms with E-state index in [0.717, 1.165) is 14.6 Å². The van der Waals surface area contributed by atoms with Crippen molar-refractivity contribution in [3.63, 3.8) is 0 Å². The second-order valence-electron chi connectivity index (χ2n) is 6.03. The Balaban J connectivity index is 2.04. The van der Waals surface area contributed by atoms with Crippen LogP contribution in [-0.4, -0.2) is 17.1 Å². The maximum absolute atomic E-state index is 12.4. The molecule has 3 rings (SSSR count). The predicted molar refractivity (Wildman–Crippen MR) is 103 cm³/mol. The maximum atomic E-state index is 12.4. The van der Waals surface area contributed by atoms with Crippen LogP contribution in [0.1, 0.15) is 49.5 Å². The number of hydrogen-bond acceptors (Lipinski definition) is 2. The SMILES string of the molecule is CCOC(=O)c1cc2ccccc2n1/C(I)=C/C1CCCCC1. The third kappa shape index (κ3) is 3.62. The summed E-state index contributed by atoms with van der Waals surface area (Å²) in [7, 11) is 0. The van der Waals surface area contributed by atoms with Crippen molar-refractivity contribution in [2.75, 3.05) is 6.61 Å². The number of nitrogens with zero attached hydrogens (tertiary/aromatic N) is 1. The van der Waals surface area contributed by atoms with Gasteiger partial charge in [-0.25, -0.2) is 4.79 Å². The van der Waals surface area contributed by atoms with Gasteiger partial charge in [-0.1, -0.05) is 43.5 Å². The molecule has 0 radical (unpaired) electrons. The Labute approximate surface area is 150 Å². The van der Waals surface area contributed by atoms with E-state index in [-0.39, 0.29) is 5.97 Å². The molecule has 0 unspecified atom stereocenters. The quantitative estimate of drug-likeness (QED) is 0.472. The van der Waals surface area contributed by atoms with Gasteiger partial charge in [-0.15, -0.1) is 0 Å². The Hall–Kier alpha value is -1.30. The van der Waals surface area contributed by atoms with Crippen molar-refractivity contribution in [2.24, 2.45) is 5.92 Å². The first-order valence-corrected chi connectivity index (χ1v) is 9.44. The molecule has 1 heterocycles. The molecule has 122 valence electrons. The molecule has 0 saturated heterocycles. The average Bonchev–Trinajstić information content (AvgIpc) is 2.95. The van der Waals surface area contributed by atoms with Crippen molar-refractivity contribution in [1.82, 2.24) is 4.57 Å². The van der Waals surface area contributed by atoms with Crippen LogP contribution in [0.3, 0.4) is 0 Å². The Kier molecular flexibility index (Phi) is 5.41. The molecule has 23 heavy (non-hydrogen) atoms. The minimum atomic E-state index is -0.255. The van der Waals surface area contributed by atoms with Gasteiger partial charge in [0.15, 0.2) is 0 Å². The number of rotatable bonds is 4. The second-order valence-corrected chi connectivity index (χ2v) is 7.14. The number of esters is 1. The molecule has 4 heteroatoms. The lowest BCUT2D eigenvalue weighted by molar-refractivity contribution is 0.0518. The first kappa shape index (κ1) is 16.6. The molecule has 1 aliphatic carbocycles. The highest BCUT2D eigenvalue weighted by molar-refractivity contribution is 14.1. The van der Waals surface area contributed by atoms with Crippen molar-refractivity contribution in [1.29, 1.82) is 0 Å². The van der Waals surface area contributed by atoms with Gasteiger partial charge in [-0.05, 0) is 60.4 Å². The van der Waals surface area contributed by atoms with Gasteiger partial charge in [0.25, 0.3) is 0 Å². The minimum Gasteiger partial charge on any atom is -0.461 e. The topological polar surface area (TPSA) is 31.2 Å². The van der Waals surface area contributed by atoms with Crippen LogP contribution in [0, 0.1) is 5.92 Å². The first-order chi connectivity index (χ1) is 11.2. The maximum Gasteiger partial charge on any atom is 0.355 e. The monoisotopic (exact) mass is 423 g/mol. The van der Waals surface area contributed by atoms with E-state index in [1.165, 1.54) is 32.1 Å². The van der Waals surface area contributed by atoms with Crippen LogP contribution >= 0.6 is 22.6 Å². The van der Waals surface area contributed by atoms with Crippen LogP contribution in [-0.2, 0) is 4.74 Å². The first-order valence-electron chi connectivity index (χ1n) is 8.36. The van der Waals surface area contributed by atoms with E-state index < -0.39 is 0 Å². The Bertz CT molecular complexity index is 726. The van der Waals surface area contributed by atoms with E-state index >= 15 is 0 Å². The van der Waals surface area contributed by atoms with Gasteiger partial charge in [0.2, 0.25) is 0 Å². The van der Waals surface area contributed by atoms with Gasteiger partial charge in [-0.3, -0.25) is 4.57 Å². The van der Waals surface area contributed by atoms with Gasteiger partial charge in [0.1, 0.15) is 5.69 Å². The molecule has 1 saturated carbocycles. The molecule has 1 aromatic heterocycles. The fourth-order valence-corrected chi connectivity index (χ4v) is 4.34. The van der Waals surface area contributed by atoms with E-state index in [4.69, 9.17) is 4.74 Å². The van der Waals surface area contributed by atoms with Crippen LogP contribution in [0.4, 0.5) is 0 Å². The molecule has 0 spiro atoms. The Morgan fingerprint density at radius 2 is 2.04 bits per heavy atom. The predicted octanol–water partition coefficient (Wildman–Crippen LogP) is 5.63. The molecule has 0 aliphatic heterocycles. The highest BCUT2D eigenvalue weighted by Gasteiger charge is 2.19. The van der Waals surface area contributed by atoms with Crippen molar-refractivity contribution >= 4 is 43.2 Å². The van der Waals surface area contributed by atoms with Gasteiger partial charge < -0.3 is 4.74 Å². The number of hydrogen-bond donors (Lipinski definition) is 0. The lowest BCUT2D eigenvalue weighted by Gasteiger charge is -2.19. The van der Waals surface area contributed by atoms with Crippen molar-refractivity contribution in [2.45, 2.75) is 39.0 Å². The largest absolute Gasteiger partial charge is 0.461 e. The third-order valence-electron chi connectivity index (χ3n) is 4.43. The van der Waals surface area contributed by atoms with E-state index in [0.29, 0.717) is 18.2 Å². The summed E-state index contributed by atoms with van der Waals surface area (Å²) < 4.78 is 8.39. The number of ether oxygens (including phenoxy) is 1. The fraction of sp³-hybridized carbons (Fsp3) is 0.421. The summed E-state index contributed by atoms with van der Waals surface area (Å²) in [4.78, 5) is 12.4. The van der Waals surface area contributed by atoms with E-state index in [9.17, 15) is 4.79 Å². The highest BCUT2D eigenvalue weighted by atomic mass is 127. The smallest absolute Gasteiger partial charge is 0.355 e. The van der Waals surface area contributed by atoms with Gasteiger partial charge >= 0.3 is 5.97 Å².